The van der Waals surface area contributed by atoms with E-state index < -0.39 is 17.9 Å². The molecule has 20 heavy (non-hydrogen) atoms. The van der Waals surface area contributed by atoms with Gasteiger partial charge >= 0.3 is 12.2 Å². The number of thiazole rings is 1. The molecule has 112 valence electrons. The number of carbonyl (C=O) groups is 1. The van der Waals surface area contributed by atoms with Gasteiger partial charge in [-0.2, -0.15) is 13.2 Å². The van der Waals surface area contributed by atoms with Crippen LogP contribution in [-0.4, -0.2) is 40.7 Å². The quantitative estimate of drug-likeness (QED) is 0.881. The van der Waals surface area contributed by atoms with Crippen molar-refractivity contribution in [3.63, 3.8) is 0 Å². The summed E-state index contributed by atoms with van der Waals surface area (Å²) in [5, 5.41) is 12.2. The van der Waals surface area contributed by atoms with Crippen LogP contribution in [0.15, 0.2) is 5.38 Å². The summed E-state index contributed by atoms with van der Waals surface area (Å²) < 4.78 is 37.2. The van der Waals surface area contributed by atoms with E-state index in [4.69, 9.17) is 5.11 Å². The van der Waals surface area contributed by atoms with Crippen molar-refractivity contribution in [2.45, 2.75) is 19.0 Å². The molecule has 2 heterocycles. The van der Waals surface area contributed by atoms with Crippen LogP contribution in [0.3, 0.4) is 0 Å². The lowest BCUT2D eigenvalue weighted by molar-refractivity contribution is -0.140. The number of aliphatic hydroxyl groups is 1. The highest BCUT2D eigenvalue weighted by Gasteiger charge is 2.34. The van der Waals surface area contributed by atoms with Crippen molar-refractivity contribution in [2.75, 3.05) is 25.0 Å². The third-order valence-corrected chi connectivity index (χ3v) is 3.83. The second-order valence-corrected chi connectivity index (χ2v) is 5.46. The van der Waals surface area contributed by atoms with Crippen LogP contribution in [0.25, 0.3) is 0 Å². The summed E-state index contributed by atoms with van der Waals surface area (Å²) in [5.74, 6) is 0.0246. The average Bonchev–Trinajstić information content (AvgIpc) is 2.87. The third-order valence-electron chi connectivity index (χ3n) is 3.07. The number of halogens is 3. The lowest BCUT2D eigenvalue weighted by atomic mass is 9.99. The number of urea groups is 1. The molecule has 1 aromatic heterocycles. The Hall–Kier alpha value is -1.35. The van der Waals surface area contributed by atoms with E-state index in [9.17, 15) is 18.0 Å². The number of hydrogen-bond acceptors (Lipinski definition) is 4. The molecule has 2 N–H and O–H groups in total. The van der Waals surface area contributed by atoms with Crippen molar-refractivity contribution in [3.8, 4) is 0 Å². The number of anilines is 1. The van der Waals surface area contributed by atoms with Gasteiger partial charge in [-0.3, -0.25) is 5.32 Å². The van der Waals surface area contributed by atoms with Gasteiger partial charge < -0.3 is 10.0 Å². The summed E-state index contributed by atoms with van der Waals surface area (Å²) >= 11 is 0.736. The zero-order chi connectivity index (χ0) is 14.8. The molecule has 0 radical (unpaired) electrons. The minimum Gasteiger partial charge on any atom is -0.396 e. The van der Waals surface area contributed by atoms with Crippen molar-refractivity contribution in [2.24, 2.45) is 5.92 Å². The Morgan fingerprint density at radius 2 is 2.35 bits per heavy atom. The Bertz CT molecular complexity index is 478. The first-order valence-electron chi connectivity index (χ1n) is 6.09. The molecule has 0 saturated carbocycles. The smallest absolute Gasteiger partial charge is 0.396 e. The predicted molar refractivity (Wildman–Crippen MR) is 67.5 cm³/mol. The maximum atomic E-state index is 12.4. The van der Waals surface area contributed by atoms with Gasteiger partial charge in [0.25, 0.3) is 0 Å². The number of aromatic nitrogens is 1. The van der Waals surface area contributed by atoms with Gasteiger partial charge in [0.15, 0.2) is 10.8 Å². The van der Waals surface area contributed by atoms with Crippen molar-refractivity contribution in [1.29, 1.82) is 0 Å². The number of rotatable bonds is 2. The van der Waals surface area contributed by atoms with Gasteiger partial charge in [0.1, 0.15) is 0 Å². The Balaban J connectivity index is 1.96. The Labute approximate surface area is 117 Å². The second-order valence-electron chi connectivity index (χ2n) is 4.60. The molecule has 5 nitrogen and oxygen atoms in total. The fourth-order valence-electron chi connectivity index (χ4n) is 2.03. The van der Waals surface area contributed by atoms with Crippen molar-refractivity contribution >= 4 is 22.5 Å². The summed E-state index contributed by atoms with van der Waals surface area (Å²) in [7, 11) is 0. The largest absolute Gasteiger partial charge is 0.434 e. The molecule has 1 aliphatic rings. The van der Waals surface area contributed by atoms with Gasteiger partial charge in [0.05, 0.1) is 0 Å². The lowest BCUT2D eigenvalue weighted by Gasteiger charge is -2.31. The summed E-state index contributed by atoms with van der Waals surface area (Å²) in [6.45, 7) is 0.929. The SMILES string of the molecule is O=C(Nc1nc(C(F)(F)F)cs1)N1CCCC(CO)C1. The molecule has 1 unspecified atom stereocenters. The fraction of sp³-hybridized carbons (Fsp3) is 0.636. The first kappa shape index (κ1) is 15.0. The van der Waals surface area contributed by atoms with Gasteiger partial charge in [-0.05, 0) is 18.8 Å². The van der Waals surface area contributed by atoms with Gasteiger partial charge in [0, 0.05) is 25.1 Å². The van der Waals surface area contributed by atoms with Crippen LogP contribution < -0.4 is 5.32 Å². The van der Waals surface area contributed by atoms with E-state index in [1.807, 2.05) is 0 Å². The van der Waals surface area contributed by atoms with E-state index >= 15 is 0 Å². The lowest BCUT2D eigenvalue weighted by Crippen LogP contribution is -2.43. The first-order chi connectivity index (χ1) is 9.40. The number of carbonyl (C=O) groups excluding carboxylic acids is 1. The van der Waals surface area contributed by atoms with Crippen LogP contribution in [0.5, 0.6) is 0 Å². The maximum Gasteiger partial charge on any atom is 0.434 e. The number of piperidine rings is 1. The topological polar surface area (TPSA) is 65.5 Å². The average molecular weight is 309 g/mol. The van der Waals surface area contributed by atoms with Crippen LogP contribution in [0.4, 0.5) is 23.1 Å². The van der Waals surface area contributed by atoms with Gasteiger partial charge in [0.2, 0.25) is 0 Å². The highest BCUT2D eigenvalue weighted by Crippen LogP contribution is 2.31. The maximum absolute atomic E-state index is 12.4. The zero-order valence-corrected chi connectivity index (χ0v) is 11.3. The van der Waals surface area contributed by atoms with Crippen molar-refractivity contribution < 1.29 is 23.1 Å². The molecule has 0 bridgehead atoms. The number of amides is 2. The molecule has 2 amide bonds. The number of alkyl halides is 3. The monoisotopic (exact) mass is 309 g/mol. The van der Waals surface area contributed by atoms with Crippen LogP contribution >= 0.6 is 11.3 Å². The summed E-state index contributed by atoms with van der Waals surface area (Å²) in [6.07, 6.45) is -2.90. The molecule has 1 atom stereocenters. The number of nitrogens with zero attached hydrogens (tertiary/aromatic N) is 2. The molecular weight excluding hydrogens is 295 g/mol. The van der Waals surface area contributed by atoms with E-state index in [-0.39, 0.29) is 17.7 Å². The predicted octanol–water partition coefficient (Wildman–Crippen LogP) is 2.40. The van der Waals surface area contributed by atoms with Gasteiger partial charge in [-0.15, -0.1) is 11.3 Å². The number of aliphatic hydroxyl groups excluding tert-OH is 1. The molecule has 2 rings (SSSR count). The normalized spacial score (nSPS) is 20.0. The highest BCUT2D eigenvalue weighted by atomic mass is 32.1. The summed E-state index contributed by atoms with van der Waals surface area (Å²) in [5.41, 5.74) is -1.01. The molecule has 1 fully saturated rings. The van der Waals surface area contributed by atoms with Crippen LogP contribution in [0.2, 0.25) is 0 Å². The first-order valence-corrected chi connectivity index (χ1v) is 6.97. The minimum absolute atomic E-state index is 0.000740. The van der Waals surface area contributed by atoms with Crippen LogP contribution in [0, 0.1) is 5.92 Å². The minimum atomic E-state index is -4.51. The fourth-order valence-corrected chi connectivity index (χ4v) is 2.74. The number of likely N-dealkylation sites (tertiary alicyclic amines) is 1. The van der Waals surface area contributed by atoms with Gasteiger partial charge in [-0.25, -0.2) is 9.78 Å². The van der Waals surface area contributed by atoms with E-state index in [2.05, 4.69) is 10.3 Å². The standard InChI is InChI=1S/C11H14F3N3O2S/c12-11(13,14)8-6-20-9(15-8)16-10(19)17-3-1-2-7(4-17)5-18/h6-7,18H,1-5H2,(H,15,16,19). The molecule has 0 spiro atoms. The number of hydrogen-bond donors (Lipinski definition) is 2. The summed E-state index contributed by atoms with van der Waals surface area (Å²) in [4.78, 5) is 16.7. The molecule has 0 aliphatic carbocycles. The van der Waals surface area contributed by atoms with Crippen molar-refractivity contribution in [3.05, 3.63) is 11.1 Å². The number of nitrogens with one attached hydrogen (secondary N) is 1. The molecular formula is C11H14F3N3O2S. The van der Waals surface area contributed by atoms with E-state index in [1.54, 1.807) is 0 Å². The third kappa shape index (κ3) is 3.60. The molecule has 1 aromatic rings. The molecule has 9 heteroatoms. The Morgan fingerprint density at radius 3 is 2.95 bits per heavy atom. The molecule has 1 saturated heterocycles. The van der Waals surface area contributed by atoms with E-state index in [1.165, 1.54) is 4.90 Å². The van der Waals surface area contributed by atoms with Crippen LogP contribution in [-0.2, 0) is 6.18 Å². The van der Waals surface area contributed by atoms with E-state index in [0.29, 0.717) is 13.1 Å². The Kier molecular flexibility index (Phi) is 4.48. The molecule has 1 aliphatic heterocycles. The van der Waals surface area contributed by atoms with Crippen molar-refractivity contribution in [1.82, 2.24) is 9.88 Å². The van der Waals surface area contributed by atoms with Crippen LogP contribution in [0.1, 0.15) is 18.5 Å². The second kappa shape index (κ2) is 5.96. The highest BCUT2D eigenvalue weighted by molar-refractivity contribution is 7.13. The summed E-state index contributed by atoms with van der Waals surface area (Å²) in [6, 6.07) is -0.480. The van der Waals surface area contributed by atoms with Gasteiger partial charge in [-0.1, -0.05) is 0 Å². The molecule has 0 aromatic carbocycles. The zero-order valence-electron chi connectivity index (χ0n) is 10.5. The van der Waals surface area contributed by atoms with E-state index in [0.717, 1.165) is 29.6 Å². The Morgan fingerprint density at radius 1 is 1.60 bits per heavy atom.